The Bertz CT molecular complexity index is 1060. The van der Waals surface area contributed by atoms with Crippen LogP contribution in [0.1, 0.15) is 29.8 Å². The lowest BCUT2D eigenvalue weighted by Crippen LogP contribution is -2.28. The SMILES string of the molecule is Cc1cc(Cn2cc3c(C4(NC=O)CC4)nccc3n2)cc(OCC(F)(F)F)n1. The van der Waals surface area contributed by atoms with Gasteiger partial charge in [-0.15, -0.1) is 0 Å². The predicted molar refractivity (Wildman–Crippen MR) is 97.3 cm³/mol. The highest BCUT2D eigenvalue weighted by atomic mass is 19.4. The Labute approximate surface area is 163 Å². The summed E-state index contributed by atoms with van der Waals surface area (Å²) < 4.78 is 43.7. The third-order valence-electron chi connectivity index (χ3n) is 4.74. The molecule has 3 aromatic heterocycles. The molecule has 1 aliphatic carbocycles. The Kier molecular flexibility index (Phi) is 4.64. The van der Waals surface area contributed by atoms with Gasteiger partial charge in [0, 0.05) is 29.5 Å². The molecular weight excluding hydrogens is 387 g/mol. The van der Waals surface area contributed by atoms with Crippen LogP contribution in [0.2, 0.25) is 0 Å². The van der Waals surface area contributed by atoms with Crippen molar-refractivity contribution in [2.24, 2.45) is 0 Å². The van der Waals surface area contributed by atoms with Crippen LogP contribution in [0, 0.1) is 6.92 Å². The molecule has 0 unspecified atom stereocenters. The summed E-state index contributed by atoms with van der Waals surface area (Å²) in [6.45, 7) is 0.622. The molecular formula is C19H18F3N5O2. The molecule has 1 fully saturated rings. The van der Waals surface area contributed by atoms with E-state index in [0.29, 0.717) is 24.2 Å². The van der Waals surface area contributed by atoms with Crippen molar-refractivity contribution in [2.45, 2.75) is 38.0 Å². The maximum absolute atomic E-state index is 12.4. The largest absolute Gasteiger partial charge is 0.468 e. The topological polar surface area (TPSA) is 81.9 Å². The monoisotopic (exact) mass is 405 g/mol. The number of rotatable bonds is 7. The highest BCUT2D eigenvalue weighted by Gasteiger charge is 2.46. The fourth-order valence-electron chi connectivity index (χ4n) is 3.36. The van der Waals surface area contributed by atoms with E-state index in [1.807, 2.05) is 6.20 Å². The number of hydrogen-bond donors (Lipinski definition) is 1. The number of hydrogen-bond acceptors (Lipinski definition) is 5. The number of carbonyl (C=O) groups is 1. The van der Waals surface area contributed by atoms with Crippen LogP contribution in [0.15, 0.2) is 30.6 Å². The number of halogens is 3. The Hall–Kier alpha value is -3.17. The summed E-state index contributed by atoms with van der Waals surface area (Å²) >= 11 is 0. The Balaban J connectivity index is 1.60. The second-order valence-corrected chi connectivity index (χ2v) is 7.12. The first-order chi connectivity index (χ1) is 13.8. The van der Waals surface area contributed by atoms with Crippen LogP contribution >= 0.6 is 0 Å². The van der Waals surface area contributed by atoms with E-state index in [1.54, 1.807) is 29.9 Å². The van der Waals surface area contributed by atoms with Crippen molar-refractivity contribution in [1.82, 2.24) is 25.1 Å². The Morgan fingerprint density at radius 2 is 2.14 bits per heavy atom. The van der Waals surface area contributed by atoms with Gasteiger partial charge in [0.25, 0.3) is 0 Å². The van der Waals surface area contributed by atoms with E-state index in [1.165, 1.54) is 6.07 Å². The number of fused-ring (bicyclic) bond motifs is 1. The maximum Gasteiger partial charge on any atom is 0.422 e. The van der Waals surface area contributed by atoms with Gasteiger partial charge in [-0.1, -0.05) is 0 Å². The van der Waals surface area contributed by atoms with Crippen molar-refractivity contribution in [2.75, 3.05) is 6.61 Å². The molecule has 1 saturated carbocycles. The van der Waals surface area contributed by atoms with Crippen molar-refractivity contribution in [3.8, 4) is 5.88 Å². The minimum atomic E-state index is -4.43. The molecule has 1 amide bonds. The summed E-state index contributed by atoms with van der Waals surface area (Å²) in [7, 11) is 0. The molecule has 1 aliphatic rings. The standard InChI is InChI=1S/C19H18F3N5O2/c1-12-6-13(7-16(25-12)29-10-19(20,21)22)8-27-9-14-15(26-27)2-5-23-17(14)18(3-4-18)24-11-28/h2,5-7,9,11H,3-4,8,10H2,1H3,(H,24,28). The van der Waals surface area contributed by atoms with E-state index in [0.717, 1.165) is 29.4 Å². The summed E-state index contributed by atoms with van der Waals surface area (Å²) in [6, 6.07) is 5.02. The van der Waals surface area contributed by atoms with Gasteiger partial charge < -0.3 is 10.1 Å². The lowest BCUT2D eigenvalue weighted by Gasteiger charge is -2.13. The zero-order valence-electron chi connectivity index (χ0n) is 15.5. The molecule has 0 bridgehead atoms. The lowest BCUT2D eigenvalue weighted by molar-refractivity contribution is -0.154. The number of pyridine rings is 2. The summed E-state index contributed by atoms with van der Waals surface area (Å²) in [5, 5.41) is 8.21. The molecule has 0 saturated heterocycles. The molecule has 0 spiro atoms. The molecule has 152 valence electrons. The van der Waals surface area contributed by atoms with E-state index >= 15 is 0 Å². The molecule has 7 nitrogen and oxygen atoms in total. The Morgan fingerprint density at radius 3 is 2.83 bits per heavy atom. The zero-order chi connectivity index (χ0) is 20.6. The quantitative estimate of drug-likeness (QED) is 0.612. The number of carbonyl (C=O) groups excluding carboxylic acids is 1. The molecule has 3 heterocycles. The minimum Gasteiger partial charge on any atom is -0.468 e. The number of amides is 1. The van der Waals surface area contributed by atoms with Crippen LogP contribution in [-0.4, -0.2) is 38.9 Å². The van der Waals surface area contributed by atoms with Crippen LogP contribution in [0.3, 0.4) is 0 Å². The van der Waals surface area contributed by atoms with Crippen molar-refractivity contribution in [3.05, 3.63) is 47.5 Å². The van der Waals surface area contributed by atoms with Crippen LogP contribution in [0.25, 0.3) is 10.9 Å². The van der Waals surface area contributed by atoms with Crippen LogP contribution in [0.4, 0.5) is 13.2 Å². The van der Waals surface area contributed by atoms with E-state index in [9.17, 15) is 18.0 Å². The average Bonchev–Trinajstić information content (AvgIpc) is 3.30. The summed E-state index contributed by atoms with van der Waals surface area (Å²) in [5.74, 6) is -0.0801. The normalized spacial score (nSPS) is 15.3. The molecule has 0 aliphatic heterocycles. The van der Waals surface area contributed by atoms with Gasteiger partial charge in [-0.2, -0.15) is 18.3 Å². The van der Waals surface area contributed by atoms with Gasteiger partial charge in [-0.3, -0.25) is 14.5 Å². The van der Waals surface area contributed by atoms with Gasteiger partial charge in [-0.05, 0) is 37.5 Å². The molecule has 29 heavy (non-hydrogen) atoms. The van der Waals surface area contributed by atoms with Crippen molar-refractivity contribution in [1.29, 1.82) is 0 Å². The molecule has 4 rings (SSSR count). The van der Waals surface area contributed by atoms with Gasteiger partial charge in [0.05, 0.1) is 23.3 Å². The van der Waals surface area contributed by atoms with Crippen LogP contribution < -0.4 is 10.1 Å². The zero-order valence-corrected chi connectivity index (χ0v) is 15.5. The van der Waals surface area contributed by atoms with E-state index in [-0.39, 0.29) is 5.88 Å². The summed E-state index contributed by atoms with van der Waals surface area (Å²) in [5.41, 5.74) is 2.32. The van der Waals surface area contributed by atoms with Gasteiger partial charge in [0.1, 0.15) is 0 Å². The molecule has 10 heteroatoms. The third kappa shape index (κ3) is 4.15. The highest BCUT2D eigenvalue weighted by Crippen LogP contribution is 2.46. The molecule has 0 aromatic carbocycles. The molecule has 1 N–H and O–H groups in total. The Morgan fingerprint density at radius 1 is 1.34 bits per heavy atom. The minimum absolute atomic E-state index is 0.0801. The average molecular weight is 405 g/mol. The van der Waals surface area contributed by atoms with Gasteiger partial charge >= 0.3 is 6.18 Å². The lowest BCUT2D eigenvalue weighted by atomic mass is 10.1. The van der Waals surface area contributed by atoms with Crippen LogP contribution in [-0.2, 0) is 16.9 Å². The summed E-state index contributed by atoms with van der Waals surface area (Å²) in [6.07, 6.45) is 1.36. The van der Waals surface area contributed by atoms with Gasteiger partial charge in [-0.25, -0.2) is 4.98 Å². The second-order valence-electron chi connectivity index (χ2n) is 7.12. The van der Waals surface area contributed by atoms with Crippen molar-refractivity contribution < 1.29 is 22.7 Å². The number of aryl methyl sites for hydroxylation is 1. The maximum atomic E-state index is 12.4. The first kappa shape index (κ1) is 19.2. The highest BCUT2D eigenvalue weighted by molar-refractivity contribution is 5.82. The first-order valence-corrected chi connectivity index (χ1v) is 8.99. The van der Waals surface area contributed by atoms with Crippen LogP contribution in [0.5, 0.6) is 5.88 Å². The molecule has 0 radical (unpaired) electrons. The second kappa shape index (κ2) is 7.02. The molecule has 0 atom stereocenters. The van der Waals surface area contributed by atoms with Gasteiger partial charge in [0.2, 0.25) is 12.3 Å². The number of nitrogens with one attached hydrogen (secondary N) is 1. The number of ether oxygens (including phenoxy) is 1. The van der Waals surface area contributed by atoms with Crippen molar-refractivity contribution >= 4 is 17.3 Å². The fourth-order valence-corrected chi connectivity index (χ4v) is 3.36. The number of aromatic nitrogens is 4. The number of nitrogens with zero attached hydrogens (tertiary/aromatic N) is 4. The summed E-state index contributed by atoms with van der Waals surface area (Å²) in [4.78, 5) is 19.4. The van der Waals surface area contributed by atoms with E-state index < -0.39 is 18.3 Å². The smallest absolute Gasteiger partial charge is 0.422 e. The predicted octanol–water partition coefficient (Wildman–Crippen LogP) is 2.86. The fraction of sp³-hybridized carbons (Fsp3) is 0.368. The number of alkyl halides is 3. The van der Waals surface area contributed by atoms with E-state index in [4.69, 9.17) is 4.74 Å². The first-order valence-electron chi connectivity index (χ1n) is 8.99. The van der Waals surface area contributed by atoms with Crippen molar-refractivity contribution in [3.63, 3.8) is 0 Å². The third-order valence-corrected chi connectivity index (χ3v) is 4.74. The van der Waals surface area contributed by atoms with Gasteiger partial charge in [0.15, 0.2) is 6.61 Å². The van der Waals surface area contributed by atoms with E-state index in [2.05, 4.69) is 20.4 Å². The molecule has 3 aromatic rings.